The van der Waals surface area contributed by atoms with Gasteiger partial charge in [0.15, 0.2) is 23.3 Å². The van der Waals surface area contributed by atoms with Crippen LogP contribution in [0.3, 0.4) is 0 Å². The lowest BCUT2D eigenvalue weighted by molar-refractivity contribution is 0.0950. The van der Waals surface area contributed by atoms with Crippen molar-refractivity contribution in [1.82, 2.24) is 19.7 Å². The molecule has 3 heterocycles. The molecule has 26 heavy (non-hydrogen) atoms. The molecule has 0 fully saturated rings. The van der Waals surface area contributed by atoms with Crippen LogP contribution < -0.4 is 20.1 Å². The Bertz CT molecular complexity index is 925. The molecule has 0 spiro atoms. The maximum absolute atomic E-state index is 6.11. The summed E-state index contributed by atoms with van der Waals surface area (Å²) in [5, 5.41) is 4.98. The highest BCUT2D eigenvalue weighted by Gasteiger charge is 2.24. The Kier molecular flexibility index (Phi) is 4.24. The minimum atomic E-state index is -0.108. The molecular formula is C18H22N6O2. The van der Waals surface area contributed by atoms with Crippen molar-refractivity contribution >= 4 is 22.8 Å². The molecule has 0 aliphatic carbocycles. The van der Waals surface area contributed by atoms with Gasteiger partial charge in [-0.3, -0.25) is 4.68 Å². The first-order chi connectivity index (χ1) is 12.7. The van der Waals surface area contributed by atoms with Gasteiger partial charge in [0.2, 0.25) is 5.95 Å². The van der Waals surface area contributed by atoms with Crippen LogP contribution in [0.1, 0.15) is 13.3 Å². The van der Waals surface area contributed by atoms with Crippen molar-refractivity contribution in [2.24, 2.45) is 7.05 Å². The van der Waals surface area contributed by atoms with Gasteiger partial charge < -0.3 is 20.1 Å². The number of hydrogen-bond donors (Lipinski definition) is 1. The van der Waals surface area contributed by atoms with E-state index in [1.54, 1.807) is 10.9 Å². The summed E-state index contributed by atoms with van der Waals surface area (Å²) >= 11 is 0. The Hall–Kier alpha value is -3.03. The normalized spacial score (nSPS) is 16.0. The number of aryl methyl sites for hydroxylation is 1. The predicted octanol–water partition coefficient (Wildman–Crippen LogP) is 2.00. The van der Waals surface area contributed by atoms with Crippen LogP contribution >= 0.6 is 0 Å². The molecule has 8 heteroatoms. The van der Waals surface area contributed by atoms with Crippen molar-refractivity contribution in [2.75, 3.05) is 30.3 Å². The second-order valence-corrected chi connectivity index (χ2v) is 6.36. The Morgan fingerprint density at radius 3 is 2.88 bits per heavy atom. The molecule has 136 valence electrons. The van der Waals surface area contributed by atoms with Crippen LogP contribution in [0.25, 0.3) is 11.0 Å². The summed E-state index contributed by atoms with van der Waals surface area (Å²) in [6.07, 6.45) is 2.54. The number of para-hydroxylation sites is 2. The molecule has 1 aliphatic rings. The highest BCUT2D eigenvalue weighted by atomic mass is 16.6. The number of aromatic nitrogens is 4. The fourth-order valence-electron chi connectivity index (χ4n) is 3.12. The molecular weight excluding hydrogens is 332 g/mol. The summed E-state index contributed by atoms with van der Waals surface area (Å²) < 4.78 is 13.6. The molecule has 0 bridgehead atoms. The van der Waals surface area contributed by atoms with Gasteiger partial charge in [-0.2, -0.15) is 15.1 Å². The van der Waals surface area contributed by atoms with Gasteiger partial charge >= 0.3 is 0 Å². The smallest absolute Gasteiger partial charge is 0.229 e. The van der Waals surface area contributed by atoms with Crippen LogP contribution in [0, 0.1) is 0 Å². The van der Waals surface area contributed by atoms with Crippen molar-refractivity contribution in [2.45, 2.75) is 19.4 Å². The van der Waals surface area contributed by atoms with E-state index >= 15 is 0 Å². The zero-order chi connectivity index (χ0) is 18.1. The third-order valence-corrected chi connectivity index (χ3v) is 4.38. The second kappa shape index (κ2) is 6.70. The van der Waals surface area contributed by atoms with E-state index in [4.69, 9.17) is 15.2 Å². The molecule has 1 atom stereocenters. The first kappa shape index (κ1) is 16.4. The fourth-order valence-corrected chi connectivity index (χ4v) is 3.12. The lowest BCUT2D eigenvalue weighted by atomic mass is 10.2. The lowest BCUT2D eigenvalue weighted by Crippen LogP contribution is -2.42. The second-order valence-electron chi connectivity index (χ2n) is 6.36. The third-order valence-electron chi connectivity index (χ3n) is 4.38. The van der Waals surface area contributed by atoms with Crippen LogP contribution in [-0.4, -0.2) is 45.5 Å². The zero-order valence-electron chi connectivity index (χ0n) is 14.9. The molecule has 2 N–H and O–H groups in total. The minimum Gasteiger partial charge on any atom is -0.486 e. The SMILES string of the molecule is CCCN(CC1COc2ccccc2O1)c1nc(N)c2cnn(C)c2n1. The van der Waals surface area contributed by atoms with Crippen molar-refractivity contribution in [3.8, 4) is 11.5 Å². The number of nitrogen functional groups attached to an aromatic ring is 1. The number of hydrogen-bond acceptors (Lipinski definition) is 7. The van der Waals surface area contributed by atoms with Crippen LogP contribution in [0.5, 0.6) is 11.5 Å². The fraction of sp³-hybridized carbons (Fsp3) is 0.389. The largest absolute Gasteiger partial charge is 0.486 e. The van der Waals surface area contributed by atoms with Gasteiger partial charge in [0, 0.05) is 13.6 Å². The molecule has 1 aliphatic heterocycles. The maximum Gasteiger partial charge on any atom is 0.229 e. The van der Waals surface area contributed by atoms with E-state index in [0.29, 0.717) is 24.9 Å². The Morgan fingerprint density at radius 1 is 1.27 bits per heavy atom. The maximum atomic E-state index is 6.11. The monoisotopic (exact) mass is 354 g/mol. The first-order valence-corrected chi connectivity index (χ1v) is 8.74. The third kappa shape index (κ3) is 2.98. The van der Waals surface area contributed by atoms with E-state index in [-0.39, 0.29) is 6.10 Å². The molecule has 3 aromatic rings. The molecule has 0 saturated carbocycles. The van der Waals surface area contributed by atoms with Crippen LogP contribution in [0.15, 0.2) is 30.5 Å². The standard InChI is InChI=1S/C18H22N6O2/c1-3-8-24(10-12-11-25-14-6-4-5-7-15(14)26-12)18-21-16(19)13-9-20-23(2)17(13)22-18/h4-7,9,12H,3,8,10-11H2,1-2H3,(H2,19,21,22). The molecule has 0 amide bonds. The summed E-state index contributed by atoms with van der Waals surface area (Å²) in [5.41, 5.74) is 6.84. The van der Waals surface area contributed by atoms with E-state index in [0.717, 1.165) is 35.5 Å². The van der Waals surface area contributed by atoms with Gasteiger partial charge in [-0.25, -0.2) is 0 Å². The van der Waals surface area contributed by atoms with Gasteiger partial charge in [0.1, 0.15) is 12.4 Å². The number of fused-ring (bicyclic) bond motifs is 2. The molecule has 2 aromatic heterocycles. The summed E-state index contributed by atoms with van der Waals surface area (Å²) in [7, 11) is 1.84. The number of nitrogens with zero attached hydrogens (tertiary/aromatic N) is 5. The average Bonchev–Trinajstić information content (AvgIpc) is 3.03. The van der Waals surface area contributed by atoms with Crippen molar-refractivity contribution in [3.05, 3.63) is 30.5 Å². The topological polar surface area (TPSA) is 91.3 Å². The molecule has 1 unspecified atom stereocenters. The van der Waals surface area contributed by atoms with Crippen LogP contribution in [-0.2, 0) is 7.05 Å². The molecule has 0 radical (unpaired) electrons. The lowest BCUT2D eigenvalue weighted by Gasteiger charge is -2.31. The Morgan fingerprint density at radius 2 is 2.08 bits per heavy atom. The number of anilines is 2. The number of benzene rings is 1. The average molecular weight is 354 g/mol. The first-order valence-electron chi connectivity index (χ1n) is 8.74. The summed E-state index contributed by atoms with van der Waals surface area (Å²) in [5.74, 6) is 2.57. The molecule has 8 nitrogen and oxygen atoms in total. The quantitative estimate of drug-likeness (QED) is 0.749. The van der Waals surface area contributed by atoms with Gasteiger partial charge in [-0.15, -0.1) is 0 Å². The van der Waals surface area contributed by atoms with E-state index in [9.17, 15) is 0 Å². The van der Waals surface area contributed by atoms with E-state index in [1.807, 2.05) is 31.3 Å². The van der Waals surface area contributed by atoms with Crippen LogP contribution in [0.2, 0.25) is 0 Å². The van der Waals surface area contributed by atoms with Crippen LogP contribution in [0.4, 0.5) is 11.8 Å². The molecule has 4 rings (SSSR count). The van der Waals surface area contributed by atoms with Crippen molar-refractivity contribution < 1.29 is 9.47 Å². The zero-order valence-corrected chi connectivity index (χ0v) is 14.9. The summed E-state index contributed by atoms with van der Waals surface area (Å²) in [6, 6.07) is 7.71. The highest BCUT2D eigenvalue weighted by Crippen LogP contribution is 2.31. The van der Waals surface area contributed by atoms with Gasteiger partial charge in [0.05, 0.1) is 18.1 Å². The Balaban J connectivity index is 1.59. The predicted molar refractivity (Wildman–Crippen MR) is 99.6 cm³/mol. The van der Waals surface area contributed by atoms with Crippen molar-refractivity contribution in [3.63, 3.8) is 0 Å². The highest BCUT2D eigenvalue weighted by molar-refractivity contribution is 5.86. The van der Waals surface area contributed by atoms with Gasteiger partial charge in [0.25, 0.3) is 0 Å². The molecule has 0 saturated heterocycles. The minimum absolute atomic E-state index is 0.108. The van der Waals surface area contributed by atoms with Gasteiger partial charge in [-0.1, -0.05) is 19.1 Å². The van der Waals surface area contributed by atoms with E-state index in [1.165, 1.54) is 0 Å². The van der Waals surface area contributed by atoms with E-state index < -0.39 is 0 Å². The summed E-state index contributed by atoms with van der Waals surface area (Å²) in [6.45, 7) is 4.02. The van der Waals surface area contributed by atoms with E-state index in [2.05, 4.69) is 26.9 Å². The molecule has 1 aromatic carbocycles. The van der Waals surface area contributed by atoms with Crippen molar-refractivity contribution in [1.29, 1.82) is 0 Å². The summed E-state index contributed by atoms with van der Waals surface area (Å²) in [4.78, 5) is 11.2. The number of nitrogens with two attached hydrogens (primary N) is 1. The number of rotatable bonds is 5. The van der Waals surface area contributed by atoms with Gasteiger partial charge in [-0.05, 0) is 18.6 Å². The number of ether oxygens (including phenoxy) is 2. The Labute approximate surface area is 151 Å².